The van der Waals surface area contributed by atoms with Crippen LogP contribution in [0.3, 0.4) is 0 Å². The lowest BCUT2D eigenvalue weighted by atomic mass is 10.1. The highest BCUT2D eigenvalue weighted by molar-refractivity contribution is 5.95. The van der Waals surface area contributed by atoms with E-state index in [0.29, 0.717) is 5.56 Å². The molecule has 0 aliphatic rings. The third kappa shape index (κ3) is 3.34. The van der Waals surface area contributed by atoms with E-state index in [0.717, 1.165) is 33.3 Å². The van der Waals surface area contributed by atoms with Gasteiger partial charge >= 0.3 is 5.97 Å². The lowest BCUT2D eigenvalue weighted by molar-refractivity contribution is 0.0472. The van der Waals surface area contributed by atoms with Crippen LogP contribution in [0.15, 0.2) is 73.2 Å². The zero-order valence-corrected chi connectivity index (χ0v) is 15.3. The van der Waals surface area contributed by atoms with Gasteiger partial charge in [-0.25, -0.2) is 4.79 Å². The predicted molar refractivity (Wildman–Crippen MR) is 106 cm³/mol. The number of pyridine rings is 1. The molecular weight excluding hydrogens is 336 g/mol. The first-order valence-corrected chi connectivity index (χ1v) is 8.87. The second kappa shape index (κ2) is 7.08. The van der Waals surface area contributed by atoms with Crippen LogP contribution in [0.2, 0.25) is 0 Å². The van der Waals surface area contributed by atoms with Gasteiger partial charge in [-0.1, -0.05) is 42.0 Å². The summed E-state index contributed by atoms with van der Waals surface area (Å²) in [5.74, 6) is -0.332. The number of carbonyl (C=O) groups excluding carboxylic acids is 1. The fraction of sp³-hybridized carbons (Fsp3) is 0.130. The highest BCUT2D eigenvalue weighted by Gasteiger charge is 2.17. The molecule has 27 heavy (non-hydrogen) atoms. The lowest BCUT2D eigenvalue weighted by Crippen LogP contribution is -2.10. The van der Waals surface area contributed by atoms with Gasteiger partial charge in [-0.2, -0.15) is 0 Å². The van der Waals surface area contributed by atoms with Crippen LogP contribution < -0.4 is 0 Å². The van der Waals surface area contributed by atoms with Crippen LogP contribution in [0.5, 0.6) is 0 Å². The first kappa shape index (κ1) is 17.0. The van der Waals surface area contributed by atoms with Gasteiger partial charge in [0, 0.05) is 17.8 Å². The van der Waals surface area contributed by atoms with E-state index in [4.69, 9.17) is 4.74 Å². The van der Waals surface area contributed by atoms with E-state index in [1.54, 1.807) is 6.20 Å². The summed E-state index contributed by atoms with van der Waals surface area (Å²) in [4.78, 5) is 17.1. The Bertz CT molecular complexity index is 1110. The first-order chi connectivity index (χ1) is 13.1. The van der Waals surface area contributed by atoms with E-state index < -0.39 is 0 Å². The zero-order chi connectivity index (χ0) is 18.8. The van der Waals surface area contributed by atoms with Crippen molar-refractivity contribution in [3.63, 3.8) is 0 Å². The quantitative estimate of drug-likeness (QED) is 0.483. The number of aryl methyl sites for hydroxylation is 2. The molecule has 0 atom stereocenters. The minimum Gasteiger partial charge on any atom is -0.457 e. The summed E-state index contributed by atoms with van der Waals surface area (Å²) >= 11 is 0. The number of carbonyl (C=O) groups is 1. The first-order valence-electron chi connectivity index (χ1n) is 8.87. The second-order valence-corrected chi connectivity index (χ2v) is 6.66. The normalized spacial score (nSPS) is 10.9. The Balaban J connectivity index is 1.73. The number of hydrogen-bond donors (Lipinski definition) is 0. The molecule has 0 aliphatic carbocycles. The molecule has 134 valence electrons. The Morgan fingerprint density at radius 3 is 2.70 bits per heavy atom. The van der Waals surface area contributed by atoms with Gasteiger partial charge in [0.2, 0.25) is 0 Å². The van der Waals surface area contributed by atoms with Crippen LogP contribution in [0.25, 0.3) is 16.6 Å². The maximum Gasteiger partial charge on any atom is 0.340 e. The van der Waals surface area contributed by atoms with Gasteiger partial charge in [0.25, 0.3) is 0 Å². The maximum absolute atomic E-state index is 12.9. The Morgan fingerprint density at radius 1 is 1.07 bits per heavy atom. The van der Waals surface area contributed by atoms with Crippen molar-refractivity contribution in [2.75, 3.05) is 0 Å². The van der Waals surface area contributed by atoms with Crippen LogP contribution in [0, 0.1) is 13.8 Å². The van der Waals surface area contributed by atoms with Crippen LogP contribution in [-0.2, 0) is 11.3 Å². The molecule has 2 heterocycles. The molecule has 0 radical (unpaired) electrons. The fourth-order valence-corrected chi connectivity index (χ4v) is 3.27. The molecule has 0 spiro atoms. The Hall–Kier alpha value is -3.40. The molecule has 0 aliphatic heterocycles. The average molecular weight is 356 g/mol. The number of fused-ring (bicyclic) bond motifs is 1. The Morgan fingerprint density at radius 2 is 1.89 bits per heavy atom. The molecule has 0 N–H and O–H groups in total. The molecule has 4 nitrogen and oxygen atoms in total. The van der Waals surface area contributed by atoms with Gasteiger partial charge < -0.3 is 9.30 Å². The van der Waals surface area contributed by atoms with E-state index in [1.165, 1.54) is 0 Å². The second-order valence-electron chi connectivity index (χ2n) is 6.66. The molecule has 0 unspecified atom stereocenters. The number of esters is 1. The maximum atomic E-state index is 12.9. The van der Waals surface area contributed by atoms with Gasteiger partial charge in [0.1, 0.15) is 6.61 Å². The van der Waals surface area contributed by atoms with E-state index in [2.05, 4.69) is 11.9 Å². The number of hydrogen-bond acceptors (Lipinski definition) is 3. The molecule has 0 amide bonds. The van der Waals surface area contributed by atoms with Gasteiger partial charge in [-0.3, -0.25) is 4.98 Å². The van der Waals surface area contributed by atoms with Crippen molar-refractivity contribution in [3.8, 4) is 5.69 Å². The monoisotopic (exact) mass is 356 g/mol. The molecule has 4 aromatic rings. The van der Waals surface area contributed by atoms with Crippen molar-refractivity contribution in [1.29, 1.82) is 0 Å². The predicted octanol–water partition coefficient (Wildman–Crippen LogP) is 5.00. The van der Waals surface area contributed by atoms with Gasteiger partial charge in [-0.15, -0.1) is 0 Å². The average Bonchev–Trinajstić information content (AvgIpc) is 3.04. The van der Waals surface area contributed by atoms with Crippen molar-refractivity contribution in [2.24, 2.45) is 0 Å². The topological polar surface area (TPSA) is 44.1 Å². The van der Waals surface area contributed by atoms with E-state index in [-0.39, 0.29) is 12.6 Å². The summed E-state index contributed by atoms with van der Waals surface area (Å²) in [6, 6.07) is 17.5. The number of benzene rings is 2. The standard InChI is InChI=1S/C23H20N2O2/c1-16-8-9-21(25-14-17(2)19-10-11-24-13-22(19)25)20(12-16)23(26)27-15-18-6-4-3-5-7-18/h3-14H,15H2,1-2H3. The lowest BCUT2D eigenvalue weighted by Gasteiger charge is -2.13. The van der Waals surface area contributed by atoms with Crippen molar-refractivity contribution in [1.82, 2.24) is 9.55 Å². The zero-order valence-electron chi connectivity index (χ0n) is 15.3. The molecule has 0 bridgehead atoms. The highest BCUT2D eigenvalue weighted by atomic mass is 16.5. The molecule has 2 aromatic heterocycles. The number of nitrogens with zero attached hydrogens (tertiary/aromatic N) is 2. The van der Waals surface area contributed by atoms with Gasteiger partial charge in [-0.05, 0) is 43.2 Å². The van der Waals surface area contributed by atoms with Crippen LogP contribution in [0.4, 0.5) is 0 Å². The number of aromatic nitrogens is 2. The SMILES string of the molecule is Cc1ccc(-n2cc(C)c3ccncc32)c(C(=O)OCc2ccccc2)c1. The summed E-state index contributed by atoms with van der Waals surface area (Å²) in [5, 5.41) is 1.12. The van der Waals surface area contributed by atoms with Crippen LogP contribution in [0.1, 0.15) is 27.0 Å². The third-order valence-corrected chi connectivity index (χ3v) is 4.65. The molecule has 0 fully saturated rings. The van der Waals surface area contributed by atoms with E-state index in [9.17, 15) is 4.79 Å². The third-order valence-electron chi connectivity index (χ3n) is 4.65. The Labute approximate surface area is 158 Å². The number of ether oxygens (including phenoxy) is 1. The summed E-state index contributed by atoms with van der Waals surface area (Å²) < 4.78 is 7.59. The molecule has 2 aromatic carbocycles. The molecule has 4 heteroatoms. The van der Waals surface area contributed by atoms with Crippen molar-refractivity contribution < 1.29 is 9.53 Å². The number of rotatable bonds is 4. The smallest absolute Gasteiger partial charge is 0.340 e. The minimum absolute atomic E-state index is 0.250. The minimum atomic E-state index is -0.332. The van der Waals surface area contributed by atoms with Gasteiger partial charge in [0.05, 0.1) is 23.0 Å². The highest BCUT2D eigenvalue weighted by Crippen LogP contribution is 2.26. The molecule has 4 rings (SSSR count). The van der Waals surface area contributed by atoms with Crippen molar-refractivity contribution in [2.45, 2.75) is 20.5 Å². The van der Waals surface area contributed by atoms with Gasteiger partial charge in [0.15, 0.2) is 0 Å². The van der Waals surface area contributed by atoms with Crippen LogP contribution >= 0.6 is 0 Å². The fourth-order valence-electron chi connectivity index (χ4n) is 3.27. The summed E-state index contributed by atoms with van der Waals surface area (Å²) in [6.45, 7) is 4.28. The largest absolute Gasteiger partial charge is 0.457 e. The van der Waals surface area contributed by atoms with Crippen molar-refractivity contribution in [3.05, 3.63) is 95.4 Å². The Kier molecular flexibility index (Phi) is 4.47. The van der Waals surface area contributed by atoms with E-state index in [1.807, 2.05) is 78.5 Å². The van der Waals surface area contributed by atoms with E-state index >= 15 is 0 Å². The molecule has 0 saturated carbocycles. The molecule has 0 saturated heterocycles. The van der Waals surface area contributed by atoms with Crippen LogP contribution in [-0.4, -0.2) is 15.5 Å². The van der Waals surface area contributed by atoms with Crippen molar-refractivity contribution >= 4 is 16.9 Å². The summed E-state index contributed by atoms with van der Waals surface area (Å²) in [7, 11) is 0. The summed E-state index contributed by atoms with van der Waals surface area (Å²) in [6.07, 6.45) is 5.64. The summed E-state index contributed by atoms with van der Waals surface area (Å²) in [5.41, 5.74) is 5.42. The molecular formula is C23H20N2O2.